The van der Waals surface area contributed by atoms with E-state index in [1.54, 1.807) is 30.1 Å². The number of nitrogens with zero attached hydrogens (tertiary/aromatic N) is 3. The molecule has 0 saturated carbocycles. The van der Waals surface area contributed by atoms with E-state index in [4.69, 9.17) is 4.42 Å². The van der Waals surface area contributed by atoms with E-state index in [0.29, 0.717) is 26.2 Å². The lowest BCUT2D eigenvalue weighted by Gasteiger charge is -2.24. The van der Waals surface area contributed by atoms with Gasteiger partial charge in [-0.15, -0.1) is 0 Å². The van der Waals surface area contributed by atoms with Crippen LogP contribution in [0.5, 0.6) is 0 Å². The van der Waals surface area contributed by atoms with E-state index in [0.717, 1.165) is 41.0 Å². The second kappa shape index (κ2) is 13.6. The molecule has 0 fully saturated rings. The number of rotatable bonds is 13. The zero-order valence-corrected chi connectivity index (χ0v) is 20.5. The van der Waals surface area contributed by atoms with Gasteiger partial charge in [-0.1, -0.05) is 18.2 Å². The number of benzene rings is 1. The number of thioether (sulfide) groups is 1. The maximum atomic E-state index is 13.2. The Morgan fingerprint density at radius 2 is 1.76 bits per heavy atom. The van der Waals surface area contributed by atoms with Crippen LogP contribution in [-0.4, -0.2) is 55.4 Å². The Hall–Kier alpha value is -3.04. The monoisotopic (exact) mass is 485 g/mol. The standard InChI is InChI=1S/C25H32FN5O2S/c1-30(2)18-22-10-11-23(33-22)19-34-16-14-29-25(32)28-13-15-31(24-5-3-4-12-27-24)17-20-6-8-21(26)9-7-20/h3-12H,13-19H2,1-2H3,(H2,28,29,32). The number of aromatic nitrogens is 1. The van der Waals surface area contributed by atoms with Gasteiger partial charge in [-0.05, 0) is 56.1 Å². The summed E-state index contributed by atoms with van der Waals surface area (Å²) in [5.41, 5.74) is 0.971. The molecule has 0 aliphatic rings. The van der Waals surface area contributed by atoms with Crippen molar-refractivity contribution in [2.45, 2.75) is 18.8 Å². The summed E-state index contributed by atoms with van der Waals surface area (Å²) in [6, 6.07) is 15.9. The molecule has 1 aromatic carbocycles. The predicted molar refractivity (Wildman–Crippen MR) is 135 cm³/mol. The van der Waals surface area contributed by atoms with Crippen LogP contribution in [0.1, 0.15) is 17.1 Å². The second-order valence-electron chi connectivity index (χ2n) is 8.08. The number of urea groups is 1. The van der Waals surface area contributed by atoms with Gasteiger partial charge in [0.1, 0.15) is 23.2 Å². The van der Waals surface area contributed by atoms with Crippen LogP contribution in [0.4, 0.5) is 15.0 Å². The fraction of sp³-hybridized carbons (Fsp3) is 0.360. The van der Waals surface area contributed by atoms with Gasteiger partial charge in [0.05, 0.1) is 12.3 Å². The Bertz CT molecular complexity index is 998. The maximum Gasteiger partial charge on any atom is 0.314 e. The molecule has 0 atom stereocenters. The number of nitrogens with one attached hydrogen (secondary N) is 2. The van der Waals surface area contributed by atoms with E-state index in [9.17, 15) is 9.18 Å². The molecule has 9 heteroatoms. The predicted octanol–water partition coefficient (Wildman–Crippen LogP) is 4.11. The third kappa shape index (κ3) is 9.07. The fourth-order valence-electron chi connectivity index (χ4n) is 3.30. The van der Waals surface area contributed by atoms with E-state index in [1.165, 1.54) is 12.1 Å². The molecular formula is C25H32FN5O2S. The molecule has 0 spiro atoms. The molecule has 0 unspecified atom stereocenters. The highest BCUT2D eigenvalue weighted by atomic mass is 32.2. The van der Waals surface area contributed by atoms with Crippen molar-refractivity contribution in [1.82, 2.24) is 20.5 Å². The van der Waals surface area contributed by atoms with Crippen LogP contribution in [0.15, 0.2) is 65.2 Å². The number of hydrogen-bond acceptors (Lipinski definition) is 6. The molecule has 0 aliphatic carbocycles. The van der Waals surface area contributed by atoms with Gasteiger partial charge < -0.3 is 24.9 Å². The zero-order chi connectivity index (χ0) is 24.2. The van der Waals surface area contributed by atoms with Crippen LogP contribution in [-0.2, 0) is 18.8 Å². The van der Waals surface area contributed by atoms with Gasteiger partial charge in [-0.3, -0.25) is 0 Å². The minimum Gasteiger partial charge on any atom is -0.464 e. The van der Waals surface area contributed by atoms with Gasteiger partial charge in [0, 0.05) is 38.1 Å². The summed E-state index contributed by atoms with van der Waals surface area (Å²) >= 11 is 1.72. The number of amides is 2. The highest BCUT2D eigenvalue weighted by Crippen LogP contribution is 2.16. The van der Waals surface area contributed by atoms with Gasteiger partial charge in [0.25, 0.3) is 0 Å². The van der Waals surface area contributed by atoms with E-state index in [-0.39, 0.29) is 11.8 Å². The molecule has 3 rings (SSSR count). The molecule has 2 amide bonds. The SMILES string of the molecule is CN(C)Cc1ccc(CSCCNC(=O)NCCN(Cc2ccc(F)cc2)c2ccccn2)o1. The minimum absolute atomic E-state index is 0.199. The first kappa shape index (κ1) is 25.6. The van der Waals surface area contributed by atoms with Crippen LogP contribution in [0.3, 0.4) is 0 Å². The Morgan fingerprint density at radius 3 is 2.50 bits per heavy atom. The lowest BCUT2D eigenvalue weighted by atomic mass is 10.2. The lowest BCUT2D eigenvalue weighted by Crippen LogP contribution is -2.41. The van der Waals surface area contributed by atoms with Crippen LogP contribution in [0, 0.1) is 5.82 Å². The van der Waals surface area contributed by atoms with Crippen molar-refractivity contribution < 1.29 is 13.6 Å². The number of carbonyl (C=O) groups excluding carboxylic acids is 1. The normalized spacial score (nSPS) is 10.9. The largest absolute Gasteiger partial charge is 0.464 e. The van der Waals surface area contributed by atoms with Gasteiger partial charge in [-0.25, -0.2) is 14.2 Å². The molecule has 7 nitrogen and oxygen atoms in total. The van der Waals surface area contributed by atoms with Gasteiger partial charge in [-0.2, -0.15) is 11.8 Å². The Kier molecular flexibility index (Phi) is 10.2. The quantitative estimate of drug-likeness (QED) is 0.355. The third-order valence-electron chi connectivity index (χ3n) is 4.89. The average Bonchev–Trinajstić information content (AvgIpc) is 3.26. The van der Waals surface area contributed by atoms with Crippen LogP contribution < -0.4 is 15.5 Å². The van der Waals surface area contributed by atoms with Gasteiger partial charge in [0.2, 0.25) is 0 Å². The van der Waals surface area contributed by atoms with Crippen molar-refractivity contribution in [2.75, 3.05) is 44.4 Å². The van der Waals surface area contributed by atoms with Crippen LogP contribution >= 0.6 is 11.8 Å². The zero-order valence-electron chi connectivity index (χ0n) is 19.7. The summed E-state index contributed by atoms with van der Waals surface area (Å²) in [5, 5.41) is 5.78. The Morgan fingerprint density at radius 1 is 1.00 bits per heavy atom. The molecule has 3 aromatic rings. The van der Waals surface area contributed by atoms with Crippen molar-refractivity contribution in [1.29, 1.82) is 0 Å². The summed E-state index contributed by atoms with van der Waals surface area (Å²) in [6.07, 6.45) is 1.73. The fourth-order valence-corrected chi connectivity index (χ4v) is 4.05. The smallest absolute Gasteiger partial charge is 0.314 e. The average molecular weight is 486 g/mol. The molecule has 182 valence electrons. The van der Waals surface area contributed by atoms with Crippen molar-refractivity contribution in [3.63, 3.8) is 0 Å². The summed E-state index contributed by atoms with van der Waals surface area (Å²) < 4.78 is 19.0. The molecule has 0 bridgehead atoms. The Balaban J connectivity index is 1.35. The maximum absolute atomic E-state index is 13.2. The molecule has 0 saturated heterocycles. The van der Waals surface area contributed by atoms with Crippen molar-refractivity contribution in [2.24, 2.45) is 0 Å². The van der Waals surface area contributed by atoms with Crippen LogP contribution in [0.25, 0.3) is 0 Å². The number of halogens is 1. The first-order chi connectivity index (χ1) is 16.5. The lowest BCUT2D eigenvalue weighted by molar-refractivity contribution is 0.241. The van der Waals surface area contributed by atoms with Crippen molar-refractivity contribution in [3.05, 3.63) is 83.7 Å². The number of hydrogen-bond donors (Lipinski definition) is 2. The first-order valence-electron chi connectivity index (χ1n) is 11.2. The molecule has 0 radical (unpaired) electrons. The molecule has 2 heterocycles. The molecule has 2 aromatic heterocycles. The molecule has 0 aliphatic heterocycles. The molecule has 2 N–H and O–H groups in total. The number of furan rings is 1. The van der Waals surface area contributed by atoms with E-state index < -0.39 is 0 Å². The summed E-state index contributed by atoms with van der Waals surface area (Å²) in [6.45, 7) is 2.96. The number of carbonyl (C=O) groups is 1. The van der Waals surface area contributed by atoms with E-state index >= 15 is 0 Å². The second-order valence-corrected chi connectivity index (χ2v) is 9.18. The highest BCUT2D eigenvalue weighted by Gasteiger charge is 2.10. The summed E-state index contributed by atoms with van der Waals surface area (Å²) in [7, 11) is 4.02. The number of pyridine rings is 1. The van der Waals surface area contributed by atoms with Crippen molar-refractivity contribution in [3.8, 4) is 0 Å². The molecular weight excluding hydrogens is 453 g/mol. The van der Waals surface area contributed by atoms with Crippen molar-refractivity contribution >= 4 is 23.6 Å². The topological polar surface area (TPSA) is 73.6 Å². The Labute approximate surface area is 204 Å². The number of anilines is 1. The van der Waals surface area contributed by atoms with E-state index in [1.807, 2.05) is 44.4 Å². The minimum atomic E-state index is -0.261. The first-order valence-corrected chi connectivity index (χ1v) is 12.4. The van der Waals surface area contributed by atoms with E-state index in [2.05, 4.69) is 25.4 Å². The van der Waals surface area contributed by atoms with Gasteiger partial charge in [0.15, 0.2) is 0 Å². The molecule has 34 heavy (non-hydrogen) atoms. The van der Waals surface area contributed by atoms with Crippen LogP contribution in [0.2, 0.25) is 0 Å². The van der Waals surface area contributed by atoms with Gasteiger partial charge >= 0.3 is 6.03 Å². The highest BCUT2D eigenvalue weighted by molar-refractivity contribution is 7.98. The summed E-state index contributed by atoms with van der Waals surface area (Å²) in [4.78, 5) is 20.7. The third-order valence-corrected chi connectivity index (χ3v) is 5.87. The summed E-state index contributed by atoms with van der Waals surface area (Å²) in [5.74, 6) is 4.01.